The Labute approximate surface area is 145 Å². The molecular formula is C19H18N4O2. The quantitative estimate of drug-likeness (QED) is 0.674. The van der Waals surface area contributed by atoms with Crippen molar-refractivity contribution >= 4 is 17.7 Å². The molecule has 0 radical (unpaired) electrons. The molecule has 0 atom stereocenters. The van der Waals surface area contributed by atoms with Gasteiger partial charge in [-0.1, -0.05) is 36.4 Å². The highest BCUT2D eigenvalue weighted by Crippen LogP contribution is 2.17. The number of carbonyl (C=O) groups is 1. The van der Waals surface area contributed by atoms with E-state index in [0.29, 0.717) is 24.6 Å². The van der Waals surface area contributed by atoms with E-state index in [1.165, 1.54) is 12.4 Å². The van der Waals surface area contributed by atoms with Crippen LogP contribution in [0, 0.1) is 0 Å². The summed E-state index contributed by atoms with van der Waals surface area (Å²) < 4.78 is 7.37. The number of aromatic nitrogens is 3. The normalized spacial score (nSPS) is 10.7. The van der Waals surface area contributed by atoms with Gasteiger partial charge in [0.15, 0.2) is 0 Å². The van der Waals surface area contributed by atoms with Gasteiger partial charge in [-0.2, -0.15) is 5.10 Å². The first-order valence-corrected chi connectivity index (χ1v) is 7.89. The van der Waals surface area contributed by atoms with Crippen LogP contribution in [0.25, 0.3) is 6.08 Å². The first-order valence-electron chi connectivity index (χ1n) is 7.89. The molecule has 6 heteroatoms. The van der Waals surface area contributed by atoms with Crippen molar-refractivity contribution in [1.29, 1.82) is 0 Å². The van der Waals surface area contributed by atoms with Gasteiger partial charge in [-0.15, -0.1) is 0 Å². The van der Waals surface area contributed by atoms with E-state index in [0.717, 1.165) is 5.56 Å². The second kappa shape index (κ2) is 8.44. The van der Waals surface area contributed by atoms with E-state index in [-0.39, 0.29) is 5.91 Å². The fourth-order valence-corrected chi connectivity index (χ4v) is 2.19. The molecule has 0 fully saturated rings. The lowest BCUT2D eigenvalue weighted by molar-refractivity contribution is -0.111. The number of anilines is 1. The second-order valence-electron chi connectivity index (χ2n) is 5.27. The van der Waals surface area contributed by atoms with Crippen LogP contribution in [0.1, 0.15) is 5.56 Å². The molecular weight excluding hydrogens is 316 g/mol. The fraction of sp³-hybridized carbons (Fsp3) is 0.105. The monoisotopic (exact) mass is 334 g/mol. The lowest BCUT2D eigenvalue weighted by atomic mass is 10.2. The van der Waals surface area contributed by atoms with Gasteiger partial charge in [0.05, 0.1) is 6.54 Å². The molecule has 6 nitrogen and oxygen atoms in total. The van der Waals surface area contributed by atoms with Gasteiger partial charge in [-0.05, 0) is 23.8 Å². The zero-order chi connectivity index (χ0) is 17.3. The van der Waals surface area contributed by atoms with Gasteiger partial charge >= 0.3 is 0 Å². The van der Waals surface area contributed by atoms with Crippen LogP contribution >= 0.6 is 0 Å². The number of carbonyl (C=O) groups excluding carboxylic acids is 1. The lowest BCUT2D eigenvalue weighted by Crippen LogP contribution is -2.10. The summed E-state index contributed by atoms with van der Waals surface area (Å²) in [4.78, 5) is 15.9. The van der Waals surface area contributed by atoms with Crippen LogP contribution in [-0.2, 0) is 11.3 Å². The van der Waals surface area contributed by atoms with E-state index in [1.54, 1.807) is 23.2 Å². The van der Waals surface area contributed by atoms with E-state index in [2.05, 4.69) is 15.4 Å². The minimum absolute atomic E-state index is 0.191. The zero-order valence-electron chi connectivity index (χ0n) is 13.6. The third-order valence-corrected chi connectivity index (χ3v) is 3.38. The molecule has 0 spiro atoms. The molecule has 0 unspecified atom stereocenters. The molecule has 3 aromatic rings. The van der Waals surface area contributed by atoms with Crippen LogP contribution in [0.4, 0.5) is 5.69 Å². The Hall–Kier alpha value is -3.41. The summed E-state index contributed by atoms with van der Waals surface area (Å²) in [5.41, 5.74) is 1.66. The van der Waals surface area contributed by atoms with E-state index in [4.69, 9.17) is 4.74 Å². The summed E-state index contributed by atoms with van der Waals surface area (Å²) >= 11 is 0. The Morgan fingerprint density at radius 2 is 2.04 bits per heavy atom. The Morgan fingerprint density at radius 3 is 2.84 bits per heavy atom. The Kier molecular flexibility index (Phi) is 5.56. The van der Waals surface area contributed by atoms with Crippen molar-refractivity contribution in [2.24, 2.45) is 0 Å². The number of hydrogen-bond acceptors (Lipinski definition) is 4. The maximum absolute atomic E-state index is 12.0. The summed E-state index contributed by atoms with van der Waals surface area (Å²) in [6.45, 7) is 1.07. The summed E-state index contributed by atoms with van der Waals surface area (Å²) in [5.74, 6) is 0.494. The van der Waals surface area contributed by atoms with Crippen LogP contribution in [0.2, 0.25) is 0 Å². The van der Waals surface area contributed by atoms with E-state index in [1.807, 2.05) is 48.5 Å². The van der Waals surface area contributed by atoms with Gasteiger partial charge in [0.1, 0.15) is 25.0 Å². The highest BCUT2D eigenvalue weighted by atomic mass is 16.5. The third-order valence-electron chi connectivity index (χ3n) is 3.38. The Balaban J connectivity index is 1.52. The molecule has 1 aromatic heterocycles. The number of nitrogens with zero attached hydrogens (tertiary/aromatic N) is 3. The SMILES string of the molecule is O=C(C=Cc1ccccc1)Nc1cccc(OCCn2cncn2)c1. The maximum Gasteiger partial charge on any atom is 0.248 e. The number of benzene rings is 2. The fourth-order valence-electron chi connectivity index (χ4n) is 2.19. The number of rotatable bonds is 7. The summed E-state index contributed by atoms with van der Waals surface area (Å²) in [7, 11) is 0. The van der Waals surface area contributed by atoms with Crippen LogP contribution in [0.3, 0.4) is 0 Å². The van der Waals surface area contributed by atoms with E-state index >= 15 is 0 Å². The van der Waals surface area contributed by atoms with Crippen LogP contribution in [0.5, 0.6) is 5.75 Å². The largest absolute Gasteiger partial charge is 0.492 e. The molecule has 1 N–H and O–H groups in total. The molecule has 126 valence electrons. The Morgan fingerprint density at radius 1 is 1.16 bits per heavy atom. The lowest BCUT2D eigenvalue weighted by Gasteiger charge is -2.08. The van der Waals surface area contributed by atoms with Gasteiger partial charge in [0, 0.05) is 17.8 Å². The van der Waals surface area contributed by atoms with Crippen molar-refractivity contribution < 1.29 is 9.53 Å². The van der Waals surface area contributed by atoms with Crippen molar-refractivity contribution in [1.82, 2.24) is 14.8 Å². The molecule has 3 rings (SSSR count). The van der Waals surface area contributed by atoms with Gasteiger partial charge < -0.3 is 10.1 Å². The predicted molar refractivity (Wildman–Crippen MR) is 96.1 cm³/mol. The van der Waals surface area contributed by atoms with Crippen molar-refractivity contribution in [3.8, 4) is 5.75 Å². The Bertz CT molecular complexity index is 830. The summed E-state index contributed by atoms with van der Waals surface area (Å²) in [6, 6.07) is 17.0. The maximum atomic E-state index is 12.0. The number of nitrogens with one attached hydrogen (secondary N) is 1. The molecule has 1 heterocycles. The molecule has 1 amide bonds. The molecule has 0 aliphatic heterocycles. The molecule has 0 saturated heterocycles. The molecule has 0 saturated carbocycles. The topological polar surface area (TPSA) is 69.0 Å². The number of hydrogen-bond donors (Lipinski definition) is 1. The van der Waals surface area contributed by atoms with E-state index in [9.17, 15) is 4.79 Å². The van der Waals surface area contributed by atoms with Crippen LogP contribution in [-0.4, -0.2) is 27.3 Å². The van der Waals surface area contributed by atoms with Gasteiger partial charge in [0.25, 0.3) is 0 Å². The first-order chi connectivity index (χ1) is 12.3. The molecule has 0 aliphatic rings. The van der Waals surface area contributed by atoms with Crippen molar-refractivity contribution in [3.63, 3.8) is 0 Å². The molecule has 25 heavy (non-hydrogen) atoms. The van der Waals surface area contributed by atoms with Crippen LogP contribution in [0.15, 0.2) is 73.3 Å². The highest BCUT2D eigenvalue weighted by Gasteiger charge is 2.01. The highest BCUT2D eigenvalue weighted by molar-refractivity contribution is 6.02. The third kappa shape index (κ3) is 5.31. The summed E-state index contributed by atoms with van der Waals surface area (Å²) in [5, 5.41) is 6.83. The average molecular weight is 334 g/mol. The minimum atomic E-state index is -0.191. The summed E-state index contributed by atoms with van der Waals surface area (Å²) in [6.07, 6.45) is 6.40. The zero-order valence-corrected chi connectivity index (χ0v) is 13.6. The number of amides is 1. The molecule has 0 aliphatic carbocycles. The number of ether oxygens (including phenoxy) is 1. The van der Waals surface area contributed by atoms with Gasteiger partial charge in [0.2, 0.25) is 5.91 Å². The van der Waals surface area contributed by atoms with Crippen molar-refractivity contribution in [3.05, 3.63) is 78.9 Å². The molecule has 0 bridgehead atoms. The minimum Gasteiger partial charge on any atom is -0.492 e. The average Bonchev–Trinajstić information content (AvgIpc) is 3.15. The first kappa shape index (κ1) is 16.4. The van der Waals surface area contributed by atoms with Gasteiger partial charge in [-0.3, -0.25) is 4.79 Å². The smallest absolute Gasteiger partial charge is 0.248 e. The van der Waals surface area contributed by atoms with E-state index < -0.39 is 0 Å². The van der Waals surface area contributed by atoms with Crippen molar-refractivity contribution in [2.45, 2.75) is 6.54 Å². The van der Waals surface area contributed by atoms with Crippen molar-refractivity contribution in [2.75, 3.05) is 11.9 Å². The standard InChI is InChI=1S/C19H18N4O2/c24-19(10-9-16-5-2-1-3-6-16)22-17-7-4-8-18(13-17)25-12-11-23-15-20-14-21-23/h1-10,13-15H,11-12H2,(H,22,24). The molecule has 2 aromatic carbocycles. The predicted octanol–water partition coefficient (Wildman–Crippen LogP) is 3.01. The van der Waals surface area contributed by atoms with Crippen LogP contribution < -0.4 is 10.1 Å². The van der Waals surface area contributed by atoms with Gasteiger partial charge in [-0.25, -0.2) is 9.67 Å². The second-order valence-corrected chi connectivity index (χ2v) is 5.27.